The van der Waals surface area contributed by atoms with Gasteiger partial charge in [0.1, 0.15) is 0 Å². The summed E-state index contributed by atoms with van der Waals surface area (Å²) in [6.07, 6.45) is -0.00924. The molecule has 2 aromatic carbocycles. The van der Waals surface area contributed by atoms with Gasteiger partial charge in [0.2, 0.25) is 5.91 Å². The Hall–Kier alpha value is -3.06. The van der Waals surface area contributed by atoms with Crippen LogP contribution in [0.15, 0.2) is 48.5 Å². The van der Waals surface area contributed by atoms with E-state index in [0.717, 1.165) is 17.4 Å². The molecule has 0 bridgehead atoms. The van der Waals surface area contributed by atoms with Crippen molar-refractivity contribution in [2.24, 2.45) is 0 Å². The summed E-state index contributed by atoms with van der Waals surface area (Å²) in [5, 5.41) is 6.08. The Balaban J connectivity index is 1.76. The maximum absolute atomic E-state index is 14.4. The highest BCUT2D eigenvalue weighted by Crippen LogP contribution is 2.46. The second-order valence-corrected chi connectivity index (χ2v) is 7.59. The van der Waals surface area contributed by atoms with E-state index in [2.05, 4.69) is 10.6 Å². The van der Waals surface area contributed by atoms with Crippen LogP contribution in [-0.4, -0.2) is 11.8 Å². The van der Waals surface area contributed by atoms with Gasteiger partial charge < -0.3 is 10.6 Å². The molecular formula is C21H16F2N2O2S. The molecule has 1 aliphatic rings. The molecule has 3 aromatic rings. The number of halogens is 2. The molecule has 0 saturated carbocycles. The largest absolute Gasteiger partial charge is 0.321 e. The van der Waals surface area contributed by atoms with Crippen LogP contribution in [-0.2, 0) is 4.79 Å². The summed E-state index contributed by atoms with van der Waals surface area (Å²) in [5.74, 6) is -3.17. The van der Waals surface area contributed by atoms with Crippen LogP contribution in [0, 0.1) is 18.6 Å². The van der Waals surface area contributed by atoms with E-state index in [0.29, 0.717) is 26.7 Å². The normalized spacial score (nSPS) is 15.7. The van der Waals surface area contributed by atoms with Crippen LogP contribution in [0.25, 0.3) is 0 Å². The fourth-order valence-corrected chi connectivity index (χ4v) is 4.67. The first kappa shape index (κ1) is 18.3. The van der Waals surface area contributed by atoms with Crippen molar-refractivity contribution in [2.45, 2.75) is 19.3 Å². The highest BCUT2D eigenvalue weighted by Gasteiger charge is 2.34. The number of carbonyl (C=O) groups is 2. The van der Waals surface area contributed by atoms with Crippen LogP contribution in [0.1, 0.15) is 38.7 Å². The number of rotatable bonds is 3. The second-order valence-electron chi connectivity index (χ2n) is 6.57. The minimum Gasteiger partial charge on any atom is -0.321 e. The van der Waals surface area contributed by atoms with E-state index in [9.17, 15) is 18.4 Å². The van der Waals surface area contributed by atoms with Gasteiger partial charge in [-0.3, -0.25) is 9.59 Å². The fourth-order valence-electron chi connectivity index (χ4n) is 3.48. The van der Waals surface area contributed by atoms with Gasteiger partial charge in [0.15, 0.2) is 11.6 Å². The number of thiophene rings is 1. The van der Waals surface area contributed by atoms with Gasteiger partial charge in [0.25, 0.3) is 5.91 Å². The van der Waals surface area contributed by atoms with Gasteiger partial charge in [-0.1, -0.05) is 30.3 Å². The third-order valence-electron chi connectivity index (χ3n) is 4.78. The molecule has 4 nitrogen and oxygen atoms in total. The number of carbonyl (C=O) groups excluding carboxylic acids is 2. The van der Waals surface area contributed by atoms with E-state index in [1.54, 1.807) is 19.1 Å². The summed E-state index contributed by atoms with van der Waals surface area (Å²) in [4.78, 5) is 25.3. The van der Waals surface area contributed by atoms with Crippen molar-refractivity contribution in [3.05, 3.63) is 81.7 Å². The second kappa shape index (κ2) is 7.16. The van der Waals surface area contributed by atoms with Crippen LogP contribution < -0.4 is 10.6 Å². The minimum atomic E-state index is -0.964. The predicted octanol–water partition coefficient (Wildman–Crippen LogP) is 5.06. The van der Waals surface area contributed by atoms with Gasteiger partial charge >= 0.3 is 0 Å². The van der Waals surface area contributed by atoms with E-state index in [-0.39, 0.29) is 23.8 Å². The number of benzene rings is 2. The number of hydrogen-bond donors (Lipinski definition) is 2. The lowest BCUT2D eigenvalue weighted by Crippen LogP contribution is -2.23. The Labute approximate surface area is 164 Å². The Morgan fingerprint density at radius 3 is 2.64 bits per heavy atom. The Morgan fingerprint density at radius 2 is 1.89 bits per heavy atom. The molecule has 2 heterocycles. The molecule has 1 aromatic heterocycles. The van der Waals surface area contributed by atoms with Crippen molar-refractivity contribution in [3.63, 3.8) is 0 Å². The zero-order chi connectivity index (χ0) is 19.8. The topological polar surface area (TPSA) is 58.2 Å². The van der Waals surface area contributed by atoms with Crippen molar-refractivity contribution < 1.29 is 18.4 Å². The first-order chi connectivity index (χ1) is 13.5. The molecule has 142 valence electrons. The summed E-state index contributed by atoms with van der Waals surface area (Å²) >= 11 is 1.14. The summed E-state index contributed by atoms with van der Waals surface area (Å²) in [6.45, 7) is 1.76. The van der Waals surface area contributed by atoms with E-state index >= 15 is 0 Å². The summed E-state index contributed by atoms with van der Waals surface area (Å²) in [7, 11) is 0. The average molecular weight is 398 g/mol. The first-order valence-corrected chi connectivity index (χ1v) is 9.50. The van der Waals surface area contributed by atoms with E-state index in [1.165, 1.54) is 12.1 Å². The third-order valence-corrected chi connectivity index (χ3v) is 6.00. The number of anilines is 2. The molecule has 0 saturated heterocycles. The maximum Gasteiger partial charge on any atom is 0.266 e. The lowest BCUT2D eigenvalue weighted by atomic mass is 9.84. The van der Waals surface area contributed by atoms with Gasteiger partial charge in [0.05, 0.1) is 9.88 Å². The summed E-state index contributed by atoms with van der Waals surface area (Å²) in [6, 6.07) is 13.0. The maximum atomic E-state index is 14.4. The van der Waals surface area contributed by atoms with Crippen LogP contribution >= 0.6 is 11.3 Å². The molecular weight excluding hydrogens is 382 g/mol. The number of nitrogens with one attached hydrogen (secondary N) is 2. The lowest BCUT2D eigenvalue weighted by molar-refractivity contribution is -0.116. The summed E-state index contributed by atoms with van der Waals surface area (Å²) < 4.78 is 28.2. The Bertz CT molecular complexity index is 1080. The molecule has 1 atom stereocenters. The van der Waals surface area contributed by atoms with Crippen LogP contribution in [0.2, 0.25) is 0 Å². The SMILES string of the molecule is Cc1c(C(=O)Nc2ccccc2)sc2c1[C@@H](c1cccc(F)c1F)CC(=O)N2. The van der Waals surface area contributed by atoms with Crippen LogP contribution in [0.3, 0.4) is 0 Å². The molecule has 4 rings (SSSR count). The number of fused-ring (bicyclic) bond motifs is 1. The van der Waals surface area contributed by atoms with Gasteiger partial charge in [-0.2, -0.15) is 0 Å². The van der Waals surface area contributed by atoms with Crippen LogP contribution in [0.5, 0.6) is 0 Å². The molecule has 2 N–H and O–H groups in total. The summed E-state index contributed by atoms with van der Waals surface area (Å²) in [5.41, 5.74) is 2.08. The van der Waals surface area contributed by atoms with Crippen molar-refractivity contribution >= 4 is 33.8 Å². The molecule has 1 aliphatic heterocycles. The smallest absolute Gasteiger partial charge is 0.266 e. The van der Waals surface area contributed by atoms with Crippen molar-refractivity contribution in [2.75, 3.05) is 10.6 Å². The lowest BCUT2D eigenvalue weighted by Gasteiger charge is -2.24. The van der Waals surface area contributed by atoms with Gasteiger partial charge in [-0.15, -0.1) is 11.3 Å². The van der Waals surface area contributed by atoms with E-state index < -0.39 is 17.6 Å². The molecule has 0 fully saturated rings. The monoisotopic (exact) mass is 398 g/mol. The molecule has 2 amide bonds. The van der Waals surface area contributed by atoms with Gasteiger partial charge in [-0.05, 0) is 41.8 Å². The molecule has 28 heavy (non-hydrogen) atoms. The number of hydrogen-bond acceptors (Lipinski definition) is 3. The highest BCUT2D eigenvalue weighted by atomic mass is 32.1. The first-order valence-electron chi connectivity index (χ1n) is 8.69. The molecule has 0 radical (unpaired) electrons. The predicted molar refractivity (Wildman–Crippen MR) is 105 cm³/mol. The zero-order valence-corrected chi connectivity index (χ0v) is 15.7. The van der Waals surface area contributed by atoms with Crippen molar-refractivity contribution in [3.8, 4) is 0 Å². The van der Waals surface area contributed by atoms with E-state index in [4.69, 9.17) is 0 Å². The zero-order valence-electron chi connectivity index (χ0n) is 14.9. The standard InChI is InChI=1S/C21H16F2N2O2S/c1-11-17-14(13-8-5-9-15(22)18(13)23)10-16(26)25-21(17)28-19(11)20(27)24-12-6-3-2-4-7-12/h2-9,14H,10H2,1H3,(H,24,27)(H,25,26)/t14-/m1/s1. The average Bonchev–Trinajstić information content (AvgIpc) is 3.01. The molecule has 7 heteroatoms. The molecule has 0 unspecified atom stereocenters. The number of amides is 2. The molecule has 0 aliphatic carbocycles. The minimum absolute atomic E-state index is 0.00924. The van der Waals surface area contributed by atoms with Crippen molar-refractivity contribution in [1.29, 1.82) is 0 Å². The van der Waals surface area contributed by atoms with Gasteiger partial charge in [-0.25, -0.2) is 8.78 Å². The third kappa shape index (κ3) is 3.18. The fraction of sp³-hybridized carbons (Fsp3) is 0.143. The Kier molecular flexibility index (Phi) is 4.68. The quantitative estimate of drug-likeness (QED) is 0.648. The molecule has 0 spiro atoms. The van der Waals surface area contributed by atoms with Crippen LogP contribution in [0.4, 0.5) is 19.5 Å². The van der Waals surface area contributed by atoms with E-state index in [1.807, 2.05) is 18.2 Å². The number of para-hydroxylation sites is 1. The van der Waals surface area contributed by atoms with Gasteiger partial charge in [0, 0.05) is 18.0 Å². The van der Waals surface area contributed by atoms with Crippen molar-refractivity contribution in [1.82, 2.24) is 0 Å². The Morgan fingerprint density at radius 1 is 1.14 bits per heavy atom. The highest BCUT2D eigenvalue weighted by molar-refractivity contribution is 7.18.